The molecule has 4 nitrogen and oxygen atoms in total. The van der Waals surface area contributed by atoms with Gasteiger partial charge in [0, 0.05) is 12.1 Å². The molecule has 0 saturated carbocycles. The topological polar surface area (TPSA) is 58.2 Å². The summed E-state index contributed by atoms with van der Waals surface area (Å²) in [6, 6.07) is 6.70. The number of carbonyl (C=O) groups is 2. The van der Waals surface area contributed by atoms with Crippen LogP contribution in [0.25, 0.3) is 0 Å². The minimum atomic E-state index is -0.524. The van der Waals surface area contributed by atoms with Crippen LogP contribution in [0.4, 0.5) is 0 Å². The zero-order valence-corrected chi connectivity index (χ0v) is 10.4. The largest absolute Gasteiger partial charge is 0.355 e. The molecule has 17 heavy (non-hydrogen) atoms. The van der Waals surface area contributed by atoms with Crippen LogP contribution in [-0.2, 0) is 4.79 Å². The number of rotatable bonds is 4. The van der Waals surface area contributed by atoms with Crippen LogP contribution in [0.5, 0.6) is 0 Å². The Morgan fingerprint density at radius 2 is 1.82 bits per heavy atom. The molecule has 0 aliphatic rings. The van der Waals surface area contributed by atoms with Crippen LogP contribution in [0.15, 0.2) is 24.3 Å². The Labute approximate surface area is 101 Å². The standard InChI is InChI=1S/C13H18N2O2/c1-4-14-12(16)10(3)15-13(17)11-7-5-9(2)6-8-11/h5-8,10H,4H2,1-3H3,(H,14,16)(H,15,17)/t10-/m1/s1. The van der Waals surface area contributed by atoms with Crippen LogP contribution < -0.4 is 10.6 Å². The van der Waals surface area contributed by atoms with Gasteiger partial charge in [0.25, 0.3) is 5.91 Å². The molecule has 1 atom stereocenters. The van der Waals surface area contributed by atoms with E-state index < -0.39 is 6.04 Å². The Hall–Kier alpha value is -1.84. The van der Waals surface area contributed by atoms with Crippen LogP contribution in [0.1, 0.15) is 29.8 Å². The molecule has 0 spiro atoms. The van der Waals surface area contributed by atoms with E-state index in [1.807, 2.05) is 26.0 Å². The Morgan fingerprint density at radius 1 is 1.24 bits per heavy atom. The fraction of sp³-hybridized carbons (Fsp3) is 0.385. The van der Waals surface area contributed by atoms with Crippen molar-refractivity contribution in [3.8, 4) is 0 Å². The lowest BCUT2D eigenvalue weighted by atomic mass is 10.1. The molecule has 0 saturated heterocycles. The fourth-order valence-electron chi connectivity index (χ4n) is 1.38. The minimum Gasteiger partial charge on any atom is -0.355 e. The summed E-state index contributed by atoms with van der Waals surface area (Å²) in [5.74, 6) is -0.406. The van der Waals surface area contributed by atoms with Crippen LogP contribution in [-0.4, -0.2) is 24.4 Å². The van der Waals surface area contributed by atoms with Crippen molar-refractivity contribution >= 4 is 11.8 Å². The predicted molar refractivity (Wildman–Crippen MR) is 66.8 cm³/mol. The Kier molecular flexibility index (Phi) is 4.69. The number of hydrogen-bond donors (Lipinski definition) is 2. The van der Waals surface area contributed by atoms with Gasteiger partial charge in [0.2, 0.25) is 5.91 Å². The maximum Gasteiger partial charge on any atom is 0.251 e. The van der Waals surface area contributed by atoms with Gasteiger partial charge in [-0.05, 0) is 32.9 Å². The van der Waals surface area contributed by atoms with Gasteiger partial charge in [-0.3, -0.25) is 9.59 Å². The third-order valence-corrected chi connectivity index (χ3v) is 2.41. The molecular formula is C13H18N2O2. The molecule has 0 bridgehead atoms. The van der Waals surface area contributed by atoms with Crippen molar-refractivity contribution in [3.05, 3.63) is 35.4 Å². The smallest absolute Gasteiger partial charge is 0.251 e. The molecule has 92 valence electrons. The van der Waals surface area contributed by atoms with Crippen LogP contribution in [0, 0.1) is 6.92 Å². The predicted octanol–water partition coefficient (Wildman–Crippen LogP) is 1.25. The SMILES string of the molecule is CCNC(=O)[C@@H](C)NC(=O)c1ccc(C)cc1. The van der Waals surface area contributed by atoms with Gasteiger partial charge in [0.15, 0.2) is 0 Å². The molecule has 0 heterocycles. The lowest BCUT2D eigenvalue weighted by molar-refractivity contribution is -0.122. The zero-order valence-electron chi connectivity index (χ0n) is 10.4. The number of aryl methyl sites for hydroxylation is 1. The quantitative estimate of drug-likeness (QED) is 0.823. The molecule has 1 rings (SSSR count). The van der Waals surface area contributed by atoms with E-state index in [4.69, 9.17) is 0 Å². The summed E-state index contributed by atoms with van der Waals surface area (Å²) in [6.07, 6.45) is 0. The molecule has 0 aliphatic heterocycles. The first-order valence-electron chi connectivity index (χ1n) is 5.69. The van der Waals surface area contributed by atoms with Gasteiger partial charge >= 0.3 is 0 Å². The summed E-state index contributed by atoms with van der Waals surface area (Å²) in [6.45, 7) is 6.02. The van der Waals surface area contributed by atoms with Crippen molar-refractivity contribution in [3.63, 3.8) is 0 Å². The summed E-state index contributed by atoms with van der Waals surface area (Å²) in [5, 5.41) is 5.31. The number of benzene rings is 1. The zero-order chi connectivity index (χ0) is 12.8. The molecule has 0 fully saturated rings. The highest BCUT2D eigenvalue weighted by Gasteiger charge is 2.15. The molecular weight excluding hydrogens is 216 g/mol. The van der Waals surface area contributed by atoms with Crippen LogP contribution >= 0.6 is 0 Å². The Morgan fingerprint density at radius 3 is 2.35 bits per heavy atom. The first-order chi connectivity index (χ1) is 8.04. The van der Waals surface area contributed by atoms with Gasteiger partial charge in [-0.25, -0.2) is 0 Å². The van der Waals surface area contributed by atoms with Crippen LogP contribution in [0.2, 0.25) is 0 Å². The first kappa shape index (κ1) is 13.2. The summed E-state index contributed by atoms with van der Waals surface area (Å²) in [7, 11) is 0. The van der Waals surface area contributed by atoms with Crippen molar-refractivity contribution in [2.24, 2.45) is 0 Å². The van der Waals surface area contributed by atoms with E-state index in [0.29, 0.717) is 12.1 Å². The van der Waals surface area contributed by atoms with E-state index in [-0.39, 0.29) is 11.8 Å². The number of nitrogens with one attached hydrogen (secondary N) is 2. The molecule has 2 amide bonds. The highest BCUT2D eigenvalue weighted by Crippen LogP contribution is 2.03. The van der Waals surface area contributed by atoms with E-state index in [1.165, 1.54) is 0 Å². The minimum absolute atomic E-state index is 0.173. The van der Waals surface area contributed by atoms with Crippen molar-refractivity contribution in [1.82, 2.24) is 10.6 Å². The monoisotopic (exact) mass is 234 g/mol. The first-order valence-corrected chi connectivity index (χ1v) is 5.69. The van der Waals surface area contributed by atoms with E-state index in [1.54, 1.807) is 19.1 Å². The fourth-order valence-corrected chi connectivity index (χ4v) is 1.38. The molecule has 2 N–H and O–H groups in total. The molecule has 0 aromatic heterocycles. The van der Waals surface area contributed by atoms with Gasteiger partial charge in [-0.15, -0.1) is 0 Å². The third-order valence-electron chi connectivity index (χ3n) is 2.41. The number of likely N-dealkylation sites (N-methyl/N-ethyl adjacent to an activating group) is 1. The summed E-state index contributed by atoms with van der Waals surface area (Å²) in [4.78, 5) is 23.2. The lowest BCUT2D eigenvalue weighted by Crippen LogP contribution is -2.44. The second-order valence-corrected chi connectivity index (χ2v) is 3.96. The van der Waals surface area contributed by atoms with Crippen molar-refractivity contribution in [2.45, 2.75) is 26.8 Å². The number of amides is 2. The van der Waals surface area contributed by atoms with E-state index >= 15 is 0 Å². The van der Waals surface area contributed by atoms with E-state index in [0.717, 1.165) is 5.56 Å². The normalized spacial score (nSPS) is 11.7. The van der Waals surface area contributed by atoms with Gasteiger partial charge < -0.3 is 10.6 Å². The van der Waals surface area contributed by atoms with Gasteiger partial charge in [-0.2, -0.15) is 0 Å². The molecule has 0 aliphatic carbocycles. The van der Waals surface area contributed by atoms with Crippen molar-refractivity contribution < 1.29 is 9.59 Å². The van der Waals surface area contributed by atoms with Gasteiger partial charge in [0.1, 0.15) is 6.04 Å². The van der Waals surface area contributed by atoms with Crippen LogP contribution in [0.3, 0.4) is 0 Å². The molecule has 0 unspecified atom stereocenters. The summed E-state index contributed by atoms with van der Waals surface area (Å²) in [5.41, 5.74) is 1.66. The summed E-state index contributed by atoms with van der Waals surface area (Å²) >= 11 is 0. The van der Waals surface area contributed by atoms with E-state index in [2.05, 4.69) is 10.6 Å². The Bertz CT molecular complexity index is 398. The maximum absolute atomic E-state index is 11.8. The highest BCUT2D eigenvalue weighted by atomic mass is 16.2. The van der Waals surface area contributed by atoms with Crippen molar-refractivity contribution in [1.29, 1.82) is 0 Å². The second-order valence-electron chi connectivity index (χ2n) is 3.96. The lowest BCUT2D eigenvalue weighted by Gasteiger charge is -2.13. The molecule has 1 aromatic rings. The summed E-state index contributed by atoms with van der Waals surface area (Å²) < 4.78 is 0. The third kappa shape index (κ3) is 3.90. The number of hydrogen-bond acceptors (Lipinski definition) is 2. The van der Waals surface area contributed by atoms with Crippen molar-refractivity contribution in [2.75, 3.05) is 6.54 Å². The molecule has 1 aromatic carbocycles. The van der Waals surface area contributed by atoms with Gasteiger partial charge in [-0.1, -0.05) is 17.7 Å². The average molecular weight is 234 g/mol. The van der Waals surface area contributed by atoms with Gasteiger partial charge in [0.05, 0.1) is 0 Å². The average Bonchev–Trinajstić information content (AvgIpc) is 2.30. The Balaban J connectivity index is 2.60. The highest BCUT2D eigenvalue weighted by molar-refractivity contribution is 5.97. The molecule has 4 heteroatoms. The van der Waals surface area contributed by atoms with E-state index in [9.17, 15) is 9.59 Å². The maximum atomic E-state index is 11.8. The number of carbonyl (C=O) groups excluding carboxylic acids is 2. The molecule has 0 radical (unpaired) electrons. The second kappa shape index (κ2) is 6.03.